The zero-order chi connectivity index (χ0) is 59.0. The van der Waals surface area contributed by atoms with Gasteiger partial charge in [-0.3, -0.25) is 24.3 Å². The summed E-state index contributed by atoms with van der Waals surface area (Å²) in [7, 11) is 0. The second-order valence-corrected chi connectivity index (χ2v) is 19.9. The number of rotatable bonds is 18. The number of oxime groups is 2. The molecular formula is C56H56Cl3F3N16O5. The van der Waals surface area contributed by atoms with Crippen LogP contribution in [-0.4, -0.2) is 109 Å². The molecule has 0 fully saturated rings. The van der Waals surface area contributed by atoms with Crippen molar-refractivity contribution >= 4 is 87.1 Å². The number of benzene rings is 3. The van der Waals surface area contributed by atoms with Crippen LogP contribution in [0.2, 0.25) is 15.1 Å². The first-order valence-electron chi connectivity index (χ1n) is 26.0. The molecule has 7 heterocycles. The van der Waals surface area contributed by atoms with Crippen LogP contribution in [0.4, 0.5) is 30.6 Å². The van der Waals surface area contributed by atoms with Crippen molar-refractivity contribution in [3.8, 4) is 17.1 Å². The van der Waals surface area contributed by atoms with Crippen LogP contribution in [-0.2, 0) is 36.9 Å². The number of halogens is 6. The molecule has 3 aliphatic rings. The smallest absolute Gasteiger partial charge is 0.411 e. The van der Waals surface area contributed by atoms with Crippen LogP contribution in [0.5, 0.6) is 0 Å². The third-order valence-corrected chi connectivity index (χ3v) is 13.8. The Morgan fingerprint density at radius 1 is 0.651 bits per heavy atom. The molecule has 3 aliphatic heterocycles. The molecule has 1 amide bonds. The maximum absolute atomic E-state index is 13.5. The Morgan fingerprint density at radius 2 is 1.10 bits per heavy atom. The standard InChI is InChI=1S/C20H21ClFN5O2.C18H16ClFN6O2.C18H19ClFN5O/c1-12(28)23-6-2-7-24-19-11-15-14(5-8-25-20(15)26-19)18(27-29)10-13-3-4-17(22)16(21)9-13;19-13-8-10(2-3-14(13)20)26-17(25-28-18(26)27)11-4-7-23-16-12(11)9-15(24-16)22-6-1-5-21;19-14-8-11(2-3-15(14)20)9-16(25-26)12-4-7-23-18-13(12)10-17(24-18)22-6-1-5-21/h3-5,8-9,29H,2,6-7,10-11H2,1H3,(H,23,28)(H,24,25,26);2-4,7-8H,1,5-6,9,21H2,(H,22,23,24);2-4,7-8,26H,1,5-6,9-10,21H2,(H,22,23,24)/b27-18+;;25-16+. The minimum absolute atomic E-state index is 0.0232. The lowest BCUT2D eigenvalue weighted by molar-refractivity contribution is -0.118. The topological polar surface area (TPSA) is 306 Å². The fourth-order valence-corrected chi connectivity index (χ4v) is 9.49. The summed E-state index contributed by atoms with van der Waals surface area (Å²) >= 11 is 17.6. The highest BCUT2D eigenvalue weighted by molar-refractivity contribution is 6.31. The average molecular weight is 1200 g/mol. The summed E-state index contributed by atoms with van der Waals surface area (Å²) in [5, 5.41) is 42.2. The Bertz CT molecular complexity index is 3720. The number of nitrogens with one attached hydrogen (secondary N) is 4. The van der Waals surface area contributed by atoms with Gasteiger partial charge in [-0.25, -0.2) is 37.5 Å². The molecule has 10 N–H and O–H groups in total. The van der Waals surface area contributed by atoms with E-state index < -0.39 is 23.2 Å². The Balaban J connectivity index is 0.000000163. The quantitative estimate of drug-likeness (QED) is 0.0173. The lowest BCUT2D eigenvalue weighted by Crippen LogP contribution is -2.21. The van der Waals surface area contributed by atoms with Crippen molar-refractivity contribution in [1.29, 1.82) is 0 Å². The van der Waals surface area contributed by atoms with Crippen LogP contribution >= 0.6 is 34.8 Å². The van der Waals surface area contributed by atoms with Crippen molar-refractivity contribution in [3.63, 3.8) is 0 Å². The second kappa shape index (κ2) is 28.9. The number of hydrogen-bond acceptors (Lipinski definition) is 16. The first-order chi connectivity index (χ1) is 40.2. The summed E-state index contributed by atoms with van der Waals surface area (Å²) in [6, 6.07) is 18.1. The van der Waals surface area contributed by atoms with E-state index in [1.54, 1.807) is 48.9 Å². The molecule has 0 aliphatic carbocycles. The number of amides is 1. The highest BCUT2D eigenvalue weighted by atomic mass is 35.5. The van der Waals surface area contributed by atoms with E-state index in [9.17, 15) is 33.2 Å². The molecule has 0 saturated heterocycles. The molecule has 3 aromatic carbocycles. The first-order valence-corrected chi connectivity index (χ1v) is 27.2. The SMILES string of the molecule is CC(=O)NCCCN=C1Cc2c(/C(Cc3ccc(F)c(Cl)c3)=N/O)ccnc2N1.NCCCN=C1Cc2c(-c3noc(=O)n3-c3ccc(F)c(Cl)c3)ccnc2N1.NCCCN=C1Cc2c(/C(Cc3ccc(F)c(Cl)c3)=N/O)ccnc2N1. The predicted octanol–water partition coefficient (Wildman–Crippen LogP) is 8.59. The van der Waals surface area contributed by atoms with E-state index in [0.717, 1.165) is 75.7 Å². The molecule has 10 rings (SSSR count). The van der Waals surface area contributed by atoms with Crippen molar-refractivity contribution < 1.29 is 32.9 Å². The minimum Gasteiger partial charge on any atom is -0.411 e. The fraction of sp³-hybridized carbons (Fsp3) is 0.268. The van der Waals surface area contributed by atoms with Crippen LogP contribution in [0.15, 0.2) is 126 Å². The Labute approximate surface area is 488 Å². The van der Waals surface area contributed by atoms with E-state index in [1.807, 2.05) is 0 Å². The third kappa shape index (κ3) is 15.5. The van der Waals surface area contributed by atoms with E-state index in [0.29, 0.717) is 105 Å². The van der Waals surface area contributed by atoms with Gasteiger partial charge in [-0.05, 0) is 104 Å². The van der Waals surface area contributed by atoms with Crippen LogP contribution in [0.3, 0.4) is 0 Å². The lowest BCUT2D eigenvalue weighted by Gasteiger charge is -2.09. The molecule has 0 radical (unpaired) electrons. The maximum Gasteiger partial charge on any atom is 0.446 e. The number of carbonyl (C=O) groups is 1. The minimum atomic E-state index is -0.703. The van der Waals surface area contributed by atoms with E-state index in [2.05, 4.69) is 66.7 Å². The summed E-state index contributed by atoms with van der Waals surface area (Å²) in [6.07, 6.45) is 9.43. The molecule has 432 valence electrons. The van der Waals surface area contributed by atoms with Gasteiger partial charge in [-0.2, -0.15) is 0 Å². The van der Waals surface area contributed by atoms with Gasteiger partial charge in [0.05, 0.1) is 32.2 Å². The molecule has 0 atom stereocenters. The van der Waals surface area contributed by atoms with E-state index in [-0.39, 0.29) is 33.2 Å². The van der Waals surface area contributed by atoms with Gasteiger partial charge in [0.15, 0.2) is 5.82 Å². The maximum atomic E-state index is 13.5. The van der Waals surface area contributed by atoms with Crippen LogP contribution < -0.4 is 38.5 Å². The van der Waals surface area contributed by atoms with E-state index in [1.165, 1.54) is 54.0 Å². The molecule has 83 heavy (non-hydrogen) atoms. The number of aliphatic imine (C=N–C) groups is 3. The van der Waals surface area contributed by atoms with Crippen molar-refractivity contribution in [2.45, 2.75) is 58.3 Å². The van der Waals surface area contributed by atoms with Gasteiger partial charge in [-0.15, -0.1) is 0 Å². The Kier molecular flexibility index (Phi) is 21.1. The zero-order valence-corrected chi connectivity index (χ0v) is 46.8. The van der Waals surface area contributed by atoms with Crippen LogP contribution in [0.25, 0.3) is 17.1 Å². The molecule has 0 bridgehead atoms. The molecule has 4 aromatic heterocycles. The second-order valence-electron chi connectivity index (χ2n) is 18.7. The molecular weight excluding hydrogens is 1140 g/mol. The highest BCUT2D eigenvalue weighted by Crippen LogP contribution is 2.33. The number of nitrogens with zero attached hydrogens (tertiary/aromatic N) is 10. The molecule has 0 saturated carbocycles. The number of fused-ring (bicyclic) bond motifs is 3. The van der Waals surface area contributed by atoms with Crippen molar-refractivity contribution in [1.82, 2.24) is 30.0 Å². The Morgan fingerprint density at radius 3 is 1.55 bits per heavy atom. The number of hydrogen-bond donors (Lipinski definition) is 8. The van der Waals surface area contributed by atoms with Gasteiger partial charge in [0.2, 0.25) is 5.91 Å². The van der Waals surface area contributed by atoms with Crippen LogP contribution in [0, 0.1) is 17.5 Å². The molecule has 27 heteroatoms. The summed E-state index contributed by atoms with van der Waals surface area (Å²) in [5.74, 6) is 2.32. The summed E-state index contributed by atoms with van der Waals surface area (Å²) < 4.78 is 46.4. The average Bonchev–Trinajstić information content (AvgIpc) is 3.13. The first kappa shape index (κ1) is 60.5. The number of aromatic nitrogens is 5. The van der Waals surface area contributed by atoms with Gasteiger partial charge >= 0.3 is 5.76 Å². The number of nitrogens with two attached hydrogens (primary N) is 2. The number of amidine groups is 3. The number of carbonyl (C=O) groups excluding carboxylic acids is 1. The van der Waals surface area contributed by atoms with Crippen molar-refractivity contribution in [2.24, 2.45) is 36.8 Å². The fourth-order valence-electron chi connectivity index (χ4n) is 8.91. The van der Waals surface area contributed by atoms with Crippen molar-refractivity contribution in [3.05, 3.63) is 173 Å². The largest absolute Gasteiger partial charge is 0.446 e. The highest BCUT2D eigenvalue weighted by Gasteiger charge is 2.28. The molecule has 0 unspecified atom stereocenters. The van der Waals surface area contributed by atoms with Gasteiger partial charge in [0.25, 0.3) is 0 Å². The normalized spacial score (nSPS) is 14.7. The van der Waals surface area contributed by atoms with Gasteiger partial charge in [-0.1, -0.05) is 62.4 Å². The Hall–Kier alpha value is -8.55. The number of pyridine rings is 3. The molecule has 21 nitrogen and oxygen atoms in total. The predicted molar refractivity (Wildman–Crippen MR) is 315 cm³/mol. The van der Waals surface area contributed by atoms with E-state index in [4.69, 9.17) is 50.8 Å². The summed E-state index contributed by atoms with van der Waals surface area (Å²) in [4.78, 5) is 49.6. The van der Waals surface area contributed by atoms with Gasteiger partial charge < -0.3 is 43.1 Å². The van der Waals surface area contributed by atoms with Crippen molar-refractivity contribution in [2.75, 3.05) is 55.2 Å². The molecule has 7 aromatic rings. The lowest BCUT2D eigenvalue weighted by atomic mass is 9.98. The van der Waals surface area contributed by atoms with Gasteiger partial charge in [0.1, 0.15) is 52.4 Å². The van der Waals surface area contributed by atoms with Gasteiger partial charge in [0, 0.05) is 117 Å². The molecule has 0 spiro atoms. The zero-order valence-electron chi connectivity index (χ0n) is 44.6. The number of anilines is 3. The van der Waals surface area contributed by atoms with E-state index >= 15 is 0 Å². The van der Waals surface area contributed by atoms with Crippen LogP contribution in [0.1, 0.15) is 65.1 Å². The summed E-state index contributed by atoms with van der Waals surface area (Å²) in [6.45, 7) is 5.05. The summed E-state index contributed by atoms with van der Waals surface area (Å²) in [5.41, 5.74) is 18.5. The monoisotopic (exact) mass is 1190 g/mol. The third-order valence-electron chi connectivity index (χ3n) is 12.9.